The number of nitriles is 1. The van der Waals surface area contributed by atoms with Crippen LogP contribution in [0.1, 0.15) is 17.7 Å². The van der Waals surface area contributed by atoms with E-state index in [0.717, 1.165) is 0 Å². The maximum Gasteiger partial charge on any atom is 0.395 e. The molecule has 0 spiro atoms. The van der Waals surface area contributed by atoms with E-state index in [1.807, 2.05) is 0 Å². The van der Waals surface area contributed by atoms with E-state index in [2.05, 4.69) is 20.9 Å². The lowest BCUT2D eigenvalue weighted by molar-refractivity contribution is -0.192. The number of rotatable bonds is 3. The number of hydrogen-bond acceptors (Lipinski definition) is 1. The number of nitrogens with one attached hydrogen (secondary N) is 1. The molecule has 0 bridgehead atoms. The molecule has 0 aliphatic rings. The van der Waals surface area contributed by atoms with Gasteiger partial charge in [-0.25, -0.2) is 0 Å². The molecule has 0 amide bonds. The van der Waals surface area contributed by atoms with Crippen molar-refractivity contribution in [3.63, 3.8) is 0 Å². The number of nitrogens with zero attached hydrogens (tertiary/aromatic N) is 1. The lowest BCUT2D eigenvalue weighted by Crippen LogP contribution is -2.24. The van der Waals surface area contributed by atoms with Gasteiger partial charge in [-0.15, -0.1) is 0 Å². The Hall–Kier alpha value is -1.59. The predicted molar refractivity (Wildman–Crippen MR) is 78.2 cm³/mol. The van der Waals surface area contributed by atoms with Gasteiger partial charge in [0.15, 0.2) is 0 Å². The molecule has 122 valence electrons. The van der Waals surface area contributed by atoms with Gasteiger partial charge in [-0.3, -0.25) is 0 Å². The molecule has 0 saturated carbocycles. The summed E-state index contributed by atoms with van der Waals surface area (Å²) in [5.74, 6) is -4.20. The first kappa shape index (κ1) is 17.8. The third kappa shape index (κ3) is 3.85. The summed E-state index contributed by atoms with van der Waals surface area (Å²) < 4.78 is 64.4. The highest BCUT2D eigenvalue weighted by Crippen LogP contribution is 2.44. The Morgan fingerprint density at radius 3 is 2.17 bits per heavy atom. The Bertz CT molecular complexity index is 759. The quantitative estimate of drug-likeness (QED) is 0.615. The van der Waals surface area contributed by atoms with E-state index in [-0.39, 0.29) is 15.7 Å². The summed E-state index contributed by atoms with van der Waals surface area (Å²) in [6.07, 6.45) is -7.38. The third-order valence-corrected chi connectivity index (χ3v) is 4.02. The Morgan fingerprint density at radius 1 is 1.13 bits per heavy atom. The second-order valence-corrected chi connectivity index (χ2v) is 5.91. The fraction of sp³-hybridized carbons (Fsp3) is 0.214. The van der Waals surface area contributed by atoms with Crippen LogP contribution in [0, 0.1) is 11.3 Å². The number of benzene rings is 1. The van der Waals surface area contributed by atoms with Crippen LogP contribution in [0.25, 0.3) is 11.3 Å². The van der Waals surface area contributed by atoms with Crippen molar-refractivity contribution >= 4 is 27.5 Å². The minimum Gasteiger partial charge on any atom is -0.351 e. The van der Waals surface area contributed by atoms with Gasteiger partial charge in [0.2, 0.25) is 0 Å². The number of H-pyrrole nitrogens is 1. The number of aromatic nitrogens is 1. The van der Waals surface area contributed by atoms with Crippen molar-refractivity contribution in [2.75, 3.05) is 0 Å². The molecule has 2 nitrogen and oxygen atoms in total. The molecule has 0 saturated heterocycles. The van der Waals surface area contributed by atoms with Gasteiger partial charge < -0.3 is 4.98 Å². The number of hydrogen-bond donors (Lipinski definition) is 1. The summed E-state index contributed by atoms with van der Waals surface area (Å²) >= 11 is 8.52. The Labute approximate surface area is 141 Å². The summed E-state index contributed by atoms with van der Waals surface area (Å²) in [4.78, 5) is 2.24. The molecule has 0 aliphatic heterocycles. The van der Waals surface area contributed by atoms with Gasteiger partial charge in [0.25, 0.3) is 5.92 Å². The minimum atomic E-state index is -5.05. The Morgan fingerprint density at radius 2 is 1.70 bits per heavy atom. The van der Waals surface area contributed by atoms with E-state index in [1.54, 1.807) is 6.07 Å². The predicted octanol–water partition coefficient (Wildman–Crippen LogP) is 6.01. The van der Waals surface area contributed by atoms with E-state index >= 15 is 0 Å². The smallest absolute Gasteiger partial charge is 0.351 e. The molecular formula is C14H7BrClF5N2. The van der Waals surface area contributed by atoms with Crippen LogP contribution < -0.4 is 0 Å². The largest absolute Gasteiger partial charge is 0.395 e. The molecule has 1 heterocycles. The molecule has 23 heavy (non-hydrogen) atoms. The normalized spacial score (nSPS) is 12.3. The van der Waals surface area contributed by atoms with E-state index in [9.17, 15) is 22.0 Å². The van der Waals surface area contributed by atoms with Crippen LogP contribution in [-0.2, 0) is 5.92 Å². The third-order valence-electron chi connectivity index (χ3n) is 2.97. The molecule has 0 unspecified atom stereocenters. The number of alkyl halides is 5. The van der Waals surface area contributed by atoms with Crippen LogP contribution in [-0.4, -0.2) is 11.2 Å². The molecule has 2 aromatic rings. The van der Waals surface area contributed by atoms with Crippen LogP contribution in [0.15, 0.2) is 28.7 Å². The lowest BCUT2D eigenvalue weighted by atomic mass is 10.1. The molecule has 2 rings (SSSR count). The SMILES string of the molecule is N#Cc1c(-c2ccc(Cl)cc2)[nH]c(C(F)(F)CC(F)(F)F)c1Br. The zero-order valence-electron chi connectivity index (χ0n) is 11.1. The first-order valence-corrected chi connectivity index (χ1v) is 7.25. The summed E-state index contributed by atoms with van der Waals surface area (Å²) in [7, 11) is 0. The second kappa shape index (κ2) is 6.13. The van der Waals surface area contributed by atoms with E-state index in [4.69, 9.17) is 16.9 Å². The Balaban J connectivity index is 2.56. The summed E-state index contributed by atoms with van der Waals surface area (Å²) in [5, 5.41) is 9.52. The van der Waals surface area contributed by atoms with Gasteiger partial charge in [-0.1, -0.05) is 23.7 Å². The molecule has 0 atom stereocenters. The number of halogens is 7. The maximum absolute atomic E-state index is 13.9. The molecule has 1 N–H and O–H groups in total. The summed E-state index contributed by atoms with van der Waals surface area (Å²) in [5.41, 5.74) is -0.853. The first-order chi connectivity index (χ1) is 10.5. The second-order valence-electron chi connectivity index (χ2n) is 4.68. The highest BCUT2D eigenvalue weighted by molar-refractivity contribution is 9.10. The van der Waals surface area contributed by atoms with Crippen molar-refractivity contribution in [1.29, 1.82) is 5.26 Å². The van der Waals surface area contributed by atoms with Gasteiger partial charge in [-0.05, 0) is 33.6 Å². The van der Waals surface area contributed by atoms with Crippen LogP contribution in [0.4, 0.5) is 22.0 Å². The highest BCUT2D eigenvalue weighted by Gasteiger charge is 2.47. The van der Waals surface area contributed by atoms with Crippen molar-refractivity contribution in [3.8, 4) is 17.3 Å². The molecule has 0 radical (unpaired) electrons. The monoisotopic (exact) mass is 412 g/mol. The van der Waals surface area contributed by atoms with Crippen molar-refractivity contribution in [2.24, 2.45) is 0 Å². The van der Waals surface area contributed by atoms with Gasteiger partial charge >= 0.3 is 6.18 Å². The number of aromatic amines is 1. The summed E-state index contributed by atoms with van der Waals surface area (Å²) in [6.45, 7) is 0. The topological polar surface area (TPSA) is 39.6 Å². The lowest BCUT2D eigenvalue weighted by Gasteiger charge is -2.17. The molecular weight excluding hydrogens is 407 g/mol. The van der Waals surface area contributed by atoms with Gasteiger partial charge in [0.05, 0.1) is 15.7 Å². The van der Waals surface area contributed by atoms with Crippen molar-refractivity contribution in [1.82, 2.24) is 4.98 Å². The Kier molecular flexibility index (Phi) is 4.74. The standard InChI is InChI=1S/C14H7BrClF5N2/c15-10-9(5-22)11(7-1-3-8(16)4-2-7)23-12(10)13(17,18)6-14(19,20)21/h1-4,23H,6H2. The zero-order chi connectivity index (χ0) is 17.4. The van der Waals surface area contributed by atoms with E-state index in [0.29, 0.717) is 10.6 Å². The molecule has 1 aromatic heterocycles. The average Bonchev–Trinajstić information content (AvgIpc) is 2.74. The van der Waals surface area contributed by atoms with Crippen molar-refractivity contribution in [2.45, 2.75) is 18.5 Å². The van der Waals surface area contributed by atoms with Crippen LogP contribution in [0.2, 0.25) is 5.02 Å². The molecule has 1 aromatic carbocycles. The maximum atomic E-state index is 13.9. The van der Waals surface area contributed by atoms with Gasteiger partial charge in [0, 0.05) is 5.02 Å². The molecule has 0 fully saturated rings. The highest BCUT2D eigenvalue weighted by atomic mass is 79.9. The molecule has 0 aliphatic carbocycles. The van der Waals surface area contributed by atoms with Crippen LogP contribution in [0.5, 0.6) is 0 Å². The zero-order valence-corrected chi connectivity index (χ0v) is 13.5. The van der Waals surface area contributed by atoms with Crippen molar-refractivity contribution in [3.05, 3.63) is 45.0 Å². The molecule has 9 heteroatoms. The van der Waals surface area contributed by atoms with E-state index < -0.39 is 24.2 Å². The van der Waals surface area contributed by atoms with Crippen molar-refractivity contribution < 1.29 is 22.0 Å². The fourth-order valence-electron chi connectivity index (χ4n) is 2.01. The van der Waals surface area contributed by atoms with Gasteiger partial charge in [-0.2, -0.15) is 27.2 Å². The van der Waals surface area contributed by atoms with Crippen LogP contribution in [0.3, 0.4) is 0 Å². The fourth-order valence-corrected chi connectivity index (χ4v) is 2.81. The van der Waals surface area contributed by atoms with Crippen LogP contribution >= 0.6 is 27.5 Å². The minimum absolute atomic E-state index is 0.00658. The average molecular weight is 414 g/mol. The van der Waals surface area contributed by atoms with Gasteiger partial charge in [0.1, 0.15) is 18.2 Å². The first-order valence-electron chi connectivity index (χ1n) is 6.07. The van der Waals surface area contributed by atoms with E-state index in [1.165, 1.54) is 24.3 Å². The summed E-state index contributed by atoms with van der Waals surface area (Å²) in [6, 6.07) is 7.58.